The number of hydrogen-bond donors (Lipinski definition) is 0. The summed E-state index contributed by atoms with van der Waals surface area (Å²) in [6.07, 6.45) is 0. The van der Waals surface area contributed by atoms with Crippen molar-refractivity contribution in [1.29, 1.82) is 0 Å². The van der Waals surface area contributed by atoms with Gasteiger partial charge in [-0.25, -0.2) is 0 Å². The summed E-state index contributed by atoms with van der Waals surface area (Å²) < 4.78 is 0. The van der Waals surface area contributed by atoms with Crippen LogP contribution in [0.15, 0.2) is 29.1 Å². The number of nitrogens with zero attached hydrogens (tertiary/aromatic N) is 3. The summed E-state index contributed by atoms with van der Waals surface area (Å²) in [5.41, 5.74) is 0.272. The van der Waals surface area contributed by atoms with Gasteiger partial charge in [-0.05, 0) is 22.2 Å². The molecule has 1 heterocycles. The monoisotopic (exact) mass is 177 g/mol. The van der Waals surface area contributed by atoms with Crippen molar-refractivity contribution in [2.45, 2.75) is 0 Å². The predicted octanol–water partition coefficient (Wildman–Crippen LogP) is -0.150. The Hall–Kier alpha value is -1.91. The van der Waals surface area contributed by atoms with Gasteiger partial charge in [-0.15, -0.1) is 5.10 Å². The van der Waals surface area contributed by atoms with Gasteiger partial charge < -0.3 is 4.84 Å². The molecule has 0 saturated heterocycles. The summed E-state index contributed by atoms with van der Waals surface area (Å²) in [6, 6.07) is 6.98. The van der Waals surface area contributed by atoms with Crippen LogP contribution in [0.5, 0.6) is 0 Å². The summed E-state index contributed by atoms with van der Waals surface area (Å²) in [7, 11) is 1.37. The minimum Gasteiger partial charge on any atom is -0.396 e. The molecule has 0 N–H and O–H groups in total. The molecule has 5 nitrogen and oxygen atoms in total. The molecule has 0 radical (unpaired) electrons. The number of benzene rings is 1. The van der Waals surface area contributed by atoms with E-state index < -0.39 is 0 Å². The second kappa shape index (κ2) is 2.85. The Kier molecular flexibility index (Phi) is 1.70. The maximum Gasteiger partial charge on any atom is 0.314 e. The highest BCUT2D eigenvalue weighted by Crippen LogP contribution is 2.02. The Morgan fingerprint density at radius 2 is 2.15 bits per heavy atom. The quantitative estimate of drug-likeness (QED) is 0.607. The minimum atomic E-state index is -0.298. The lowest BCUT2D eigenvalue weighted by Crippen LogP contribution is -2.28. The van der Waals surface area contributed by atoms with E-state index in [1.165, 1.54) is 7.11 Å². The van der Waals surface area contributed by atoms with Crippen LogP contribution in [0.2, 0.25) is 0 Å². The van der Waals surface area contributed by atoms with Gasteiger partial charge in [0.15, 0.2) is 0 Å². The van der Waals surface area contributed by atoms with Gasteiger partial charge in [0.1, 0.15) is 12.6 Å². The second-order valence-corrected chi connectivity index (χ2v) is 2.47. The van der Waals surface area contributed by atoms with Crippen molar-refractivity contribution in [3.05, 3.63) is 34.6 Å². The van der Waals surface area contributed by atoms with E-state index in [0.29, 0.717) is 10.9 Å². The van der Waals surface area contributed by atoms with E-state index in [4.69, 9.17) is 0 Å². The molecular formula is C8H7N3O2. The first kappa shape index (κ1) is 7.72. The van der Waals surface area contributed by atoms with Crippen LogP contribution in [0.1, 0.15) is 0 Å². The van der Waals surface area contributed by atoms with Gasteiger partial charge in [0.05, 0.1) is 5.39 Å². The molecule has 1 aromatic heterocycles. The summed E-state index contributed by atoms with van der Waals surface area (Å²) in [4.78, 5) is 17.0. The molecule has 0 bridgehead atoms. The van der Waals surface area contributed by atoms with Crippen LogP contribution in [0.25, 0.3) is 10.9 Å². The first-order valence-corrected chi connectivity index (χ1v) is 3.72. The zero-order valence-electron chi connectivity index (χ0n) is 6.97. The van der Waals surface area contributed by atoms with Gasteiger partial charge in [0.25, 0.3) is 0 Å². The molecule has 5 heteroatoms. The van der Waals surface area contributed by atoms with E-state index in [0.717, 1.165) is 4.85 Å². The van der Waals surface area contributed by atoms with Gasteiger partial charge in [-0.2, -0.15) is 0 Å². The average molecular weight is 177 g/mol. The van der Waals surface area contributed by atoms with E-state index in [1.807, 2.05) is 0 Å². The van der Waals surface area contributed by atoms with Crippen LogP contribution in [-0.2, 0) is 0 Å². The standard InChI is InChI=1S/C8H7N3O2/c1-13-11-8(12)6-4-2-3-5-7(6)9-10-11/h2-5H,1H3. The largest absolute Gasteiger partial charge is 0.396 e. The lowest BCUT2D eigenvalue weighted by atomic mass is 10.2. The van der Waals surface area contributed by atoms with Crippen molar-refractivity contribution >= 4 is 10.9 Å². The number of fused-ring (bicyclic) bond motifs is 1. The number of hydrogen-bond acceptors (Lipinski definition) is 4. The van der Waals surface area contributed by atoms with Gasteiger partial charge >= 0.3 is 5.56 Å². The number of aromatic nitrogens is 3. The molecule has 0 fully saturated rings. The summed E-state index contributed by atoms with van der Waals surface area (Å²) in [6.45, 7) is 0. The molecular weight excluding hydrogens is 170 g/mol. The predicted molar refractivity (Wildman–Crippen MR) is 46.3 cm³/mol. The second-order valence-electron chi connectivity index (χ2n) is 2.47. The van der Waals surface area contributed by atoms with E-state index in [-0.39, 0.29) is 5.56 Å². The highest BCUT2D eigenvalue weighted by molar-refractivity contribution is 5.76. The van der Waals surface area contributed by atoms with Crippen LogP contribution < -0.4 is 10.4 Å². The van der Waals surface area contributed by atoms with Crippen molar-refractivity contribution in [2.24, 2.45) is 0 Å². The Labute approximate surface area is 73.5 Å². The topological polar surface area (TPSA) is 57.0 Å². The lowest BCUT2D eigenvalue weighted by Gasteiger charge is -2.00. The molecule has 0 atom stereocenters. The summed E-state index contributed by atoms with van der Waals surface area (Å²) >= 11 is 0. The fourth-order valence-electron chi connectivity index (χ4n) is 1.09. The SMILES string of the molecule is COn1nnc2ccccc2c1=O. The summed E-state index contributed by atoms with van der Waals surface area (Å²) in [5.74, 6) is 0. The number of rotatable bonds is 1. The minimum absolute atomic E-state index is 0.298. The smallest absolute Gasteiger partial charge is 0.314 e. The normalized spacial score (nSPS) is 10.2. The molecule has 0 aliphatic carbocycles. The van der Waals surface area contributed by atoms with Crippen LogP contribution in [-0.4, -0.2) is 22.3 Å². The highest BCUT2D eigenvalue weighted by Gasteiger charge is 2.02. The molecule has 0 unspecified atom stereocenters. The maximum absolute atomic E-state index is 11.5. The molecule has 13 heavy (non-hydrogen) atoms. The zero-order valence-corrected chi connectivity index (χ0v) is 6.97. The molecule has 2 rings (SSSR count). The van der Waals surface area contributed by atoms with Gasteiger partial charge in [-0.3, -0.25) is 4.79 Å². The van der Waals surface area contributed by atoms with Crippen molar-refractivity contribution in [3.8, 4) is 0 Å². The van der Waals surface area contributed by atoms with Crippen molar-refractivity contribution < 1.29 is 4.84 Å². The van der Waals surface area contributed by atoms with Crippen LogP contribution in [0, 0.1) is 0 Å². The van der Waals surface area contributed by atoms with Crippen LogP contribution in [0.4, 0.5) is 0 Å². The van der Waals surface area contributed by atoms with Gasteiger partial charge in [0, 0.05) is 0 Å². The third kappa shape index (κ3) is 1.14. The highest BCUT2D eigenvalue weighted by atomic mass is 16.7. The van der Waals surface area contributed by atoms with E-state index in [9.17, 15) is 4.79 Å². The van der Waals surface area contributed by atoms with Gasteiger partial charge in [0.2, 0.25) is 0 Å². The Morgan fingerprint density at radius 1 is 1.38 bits per heavy atom. The fraction of sp³-hybridized carbons (Fsp3) is 0.125. The fourth-order valence-corrected chi connectivity index (χ4v) is 1.09. The van der Waals surface area contributed by atoms with E-state index in [2.05, 4.69) is 15.1 Å². The third-order valence-corrected chi connectivity index (χ3v) is 1.71. The van der Waals surface area contributed by atoms with Crippen molar-refractivity contribution in [2.75, 3.05) is 7.11 Å². The van der Waals surface area contributed by atoms with Gasteiger partial charge in [-0.1, -0.05) is 12.1 Å². The van der Waals surface area contributed by atoms with Crippen LogP contribution >= 0.6 is 0 Å². The zero-order chi connectivity index (χ0) is 9.26. The molecule has 0 spiro atoms. The Balaban J connectivity index is 2.87. The molecule has 1 aromatic carbocycles. The first-order chi connectivity index (χ1) is 6.33. The molecule has 0 saturated carbocycles. The Bertz CT molecular complexity index is 492. The molecule has 66 valence electrons. The van der Waals surface area contributed by atoms with Crippen LogP contribution in [0.3, 0.4) is 0 Å². The van der Waals surface area contributed by atoms with E-state index >= 15 is 0 Å². The third-order valence-electron chi connectivity index (χ3n) is 1.71. The summed E-state index contributed by atoms with van der Waals surface area (Å²) in [5, 5.41) is 7.86. The molecule has 0 aliphatic heterocycles. The average Bonchev–Trinajstić information content (AvgIpc) is 2.19. The molecule has 0 amide bonds. The first-order valence-electron chi connectivity index (χ1n) is 3.72. The lowest BCUT2D eigenvalue weighted by molar-refractivity contribution is 0.115. The van der Waals surface area contributed by atoms with Crippen molar-refractivity contribution in [1.82, 2.24) is 15.2 Å². The van der Waals surface area contributed by atoms with Crippen molar-refractivity contribution in [3.63, 3.8) is 0 Å². The molecule has 2 aromatic rings. The maximum atomic E-state index is 11.5. The van der Waals surface area contributed by atoms with E-state index in [1.54, 1.807) is 24.3 Å². The molecule has 0 aliphatic rings. The Morgan fingerprint density at radius 3 is 2.92 bits per heavy atom.